The Hall–Kier alpha value is -2.33. The average molecular weight is 295 g/mol. The second-order valence-corrected chi connectivity index (χ2v) is 5.71. The molecule has 4 heteroatoms. The molecule has 0 bridgehead atoms. The van der Waals surface area contributed by atoms with Crippen molar-refractivity contribution in [3.05, 3.63) is 60.0 Å². The SMILES string of the molecule is COc1ccc2c(c1)c(CC(C)N)cn2Cc1cccnc1. The van der Waals surface area contributed by atoms with Crippen LogP contribution in [0.3, 0.4) is 0 Å². The van der Waals surface area contributed by atoms with E-state index in [0.717, 1.165) is 18.7 Å². The van der Waals surface area contributed by atoms with Crippen molar-refractivity contribution in [1.82, 2.24) is 9.55 Å². The molecule has 2 N–H and O–H groups in total. The van der Waals surface area contributed by atoms with E-state index in [2.05, 4.69) is 33.9 Å². The quantitative estimate of drug-likeness (QED) is 0.787. The molecule has 2 aromatic heterocycles. The van der Waals surface area contributed by atoms with Gasteiger partial charge in [0.15, 0.2) is 0 Å². The zero-order valence-corrected chi connectivity index (χ0v) is 13.0. The van der Waals surface area contributed by atoms with Gasteiger partial charge in [0, 0.05) is 42.1 Å². The van der Waals surface area contributed by atoms with Crippen LogP contribution in [0.4, 0.5) is 0 Å². The van der Waals surface area contributed by atoms with E-state index in [-0.39, 0.29) is 6.04 Å². The van der Waals surface area contributed by atoms with Crippen molar-refractivity contribution in [2.45, 2.75) is 25.9 Å². The van der Waals surface area contributed by atoms with E-state index < -0.39 is 0 Å². The number of hydrogen-bond donors (Lipinski definition) is 1. The number of nitrogens with two attached hydrogens (primary N) is 1. The van der Waals surface area contributed by atoms with Gasteiger partial charge < -0.3 is 15.0 Å². The number of rotatable bonds is 5. The Labute approximate surface area is 130 Å². The highest BCUT2D eigenvalue weighted by Gasteiger charge is 2.11. The third-order valence-electron chi connectivity index (χ3n) is 3.79. The van der Waals surface area contributed by atoms with Crippen LogP contribution < -0.4 is 10.5 Å². The number of pyridine rings is 1. The van der Waals surface area contributed by atoms with Crippen molar-refractivity contribution < 1.29 is 4.74 Å². The monoisotopic (exact) mass is 295 g/mol. The largest absolute Gasteiger partial charge is 0.497 e. The first-order valence-corrected chi connectivity index (χ1v) is 7.47. The van der Waals surface area contributed by atoms with Crippen molar-refractivity contribution in [2.24, 2.45) is 5.73 Å². The molecule has 114 valence electrons. The molecule has 0 aliphatic carbocycles. The third-order valence-corrected chi connectivity index (χ3v) is 3.79. The minimum Gasteiger partial charge on any atom is -0.497 e. The summed E-state index contributed by atoms with van der Waals surface area (Å²) in [5.74, 6) is 0.873. The van der Waals surface area contributed by atoms with Gasteiger partial charge in [-0.25, -0.2) is 0 Å². The van der Waals surface area contributed by atoms with Crippen LogP contribution >= 0.6 is 0 Å². The van der Waals surface area contributed by atoms with Gasteiger partial charge in [-0.1, -0.05) is 6.07 Å². The molecular formula is C18H21N3O. The molecule has 0 fully saturated rings. The molecule has 22 heavy (non-hydrogen) atoms. The van der Waals surface area contributed by atoms with Crippen LogP contribution in [0.5, 0.6) is 5.75 Å². The number of aromatic nitrogens is 2. The van der Waals surface area contributed by atoms with Gasteiger partial charge in [0.05, 0.1) is 7.11 Å². The third kappa shape index (κ3) is 2.97. The summed E-state index contributed by atoms with van der Waals surface area (Å²) in [6.07, 6.45) is 6.74. The van der Waals surface area contributed by atoms with Crippen molar-refractivity contribution in [3.63, 3.8) is 0 Å². The summed E-state index contributed by atoms with van der Waals surface area (Å²) in [6, 6.07) is 10.4. The standard InChI is InChI=1S/C18H21N3O/c1-13(19)8-15-12-21(11-14-4-3-7-20-10-14)18-6-5-16(22-2)9-17(15)18/h3-7,9-10,12-13H,8,11,19H2,1-2H3. The molecule has 1 aromatic carbocycles. The average Bonchev–Trinajstić information content (AvgIpc) is 2.84. The molecular weight excluding hydrogens is 274 g/mol. The molecule has 0 saturated heterocycles. The van der Waals surface area contributed by atoms with Crippen LogP contribution in [0, 0.1) is 0 Å². The maximum Gasteiger partial charge on any atom is 0.119 e. The molecule has 2 heterocycles. The van der Waals surface area contributed by atoms with Gasteiger partial charge in [-0.05, 0) is 48.7 Å². The molecule has 0 aliphatic heterocycles. The Kier molecular flexibility index (Phi) is 4.11. The highest BCUT2D eigenvalue weighted by Crippen LogP contribution is 2.27. The topological polar surface area (TPSA) is 53.1 Å². The van der Waals surface area contributed by atoms with Crippen LogP contribution in [-0.4, -0.2) is 22.7 Å². The summed E-state index contributed by atoms with van der Waals surface area (Å²) in [5.41, 5.74) is 9.63. The van der Waals surface area contributed by atoms with Crippen molar-refractivity contribution in [3.8, 4) is 5.75 Å². The van der Waals surface area contributed by atoms with E-state index in [1.165, 1.54) is 22.0 Å². The summed E-state index contributed by atoms with van der Waals surface area (Å²) in [7, 11) is 1.69. The first kappa shape index (κ1) is 14.6. The highest BCUT2D eigenvalue weighted by molar-refractivity contribution is 5.85. The number of ether oxygens (including phenoxy) is 1. The van der Waals surface area contributed by atoms with Crippen LogP contribution in [0.1, 0.15) is 18.1 Å². The maximum absolute atomic E-state index is 6.00. The number of fused-ring (bicyclic) bond motifs is 1. The van der Waals surface area contributed by atoms with E-state index in [1.807, 2.05) is 25.3 Å². The fraction of sp³-hybridized carbons (Fsp3) is 0.278. The van der Waals surface area contributed by atoms with E-state index in [0.29, 0.717) is 0 Å². The van der Waals surface area contributed by atoms with Crippen molar-refractivity contribution >= 4 is 10.9 Å². The lowest BCUT2D eigenvalue weighted by atomic mass is 10.1. The normalized spacial score (nSPS) is 12.5. The van der Waals surface area contributed by atoms with Gasteiger partial charge in [0.2, 0.25) is 0 Å². The zero-order chi connectivity index (χ0) is 15.5. The fourth-order valence-corrected chi connectivity index (χ4v) is 2.81. The van der Waals surface area contributed by atoms with Gasteiger partial charge >= 0.3 is 0 Å². The summed E-state index contributed by atoms with van der Waals surface area (Å²) in [6.45, 7) is 2.83. The first-order chi connectivity index (χ1) is 10.7. The van der Waals surface area contributed by atoms with Gasteiger partial charge in [0.1, 0.15) is 5.75 Å². The van der Waals surface area contributed by atoms with Crippen LogP contribution in [-0.2, 0) is 13.0 Å². The van der Waals surface area contributed by atoms with Gasteiger partial charge in [-0.2, -0.15) is 0 Å². The van der Waals surface area contributed by atoms with E-state index in [9.17, 15) is 0 Å². The molecule has 1 atom stereocenters. The molecule has 0 radical (unpaired) electrons. The molecule has 4 nitrogen and oxygen atoms in total. The number of hydrogen-bond acceptors (Lipinski definition) is 3. The van der Waals surface area contributed by atoms with Gasteiger partial charge in [-0.3, -0.25) is 4.98 Å². The first-order valence-electron chi connectivity index (χ1n) is 7.47. The van der Waals surface area contributed by atoms with Crippen LogP contribution in [0.15, 0.2) is 48.9 Å². The lowest BCUT2D eigenvalue weighted by Crippen LogP contribution is -2.17. The Balaban J connectivity index is 2.06. The summed E-state index contributed by atoms with van der Waals surface area (Å²) in [4.78, 5) is 4.19. The molecule has 0 saturated carbocycles. The number of methoxy groups -OCH3 is 1. The highest BCUT2D eigenvalue weighted by atomic mass is 16.5. The molecule has 0 amide bonds. The lowest BCUT2D eigenvalue weighted by Gasteiger charge is -2.06. The van der Waals surface area contributed by atoms with E-state index in [1.54, 1.807) is 13.3 Å². The van der Waals surface area contributed by atoms with Crippen LogP contribution in [0.2, 0.25) is 0 Å². The van der Waals surface area contributed by atoms with Gasteiger partial charge in [0.25, 0.3) is 0 Å². The molecule has 3 rings (SSSR count). The summed E-state index contributed by atoms with van der Waals surface area (Å²) in [5, 5.41) is 1.21. The zero-order valence-electron chi connectivity index (χ0n) is 13.0. The van der Waals surface area contributed by atoms with Crippen LogP contribution in [0.25, 0.3) is 10.9 Å². The summed E-state index contributed by atoms with van der Waals surface area (Å²) >= 11 is 0. The Morgan fingerprint density at radius 1 is 1.32 bits per heavy atom. The van der Waals surface area contributed by atoms with E-state index in [4.69, 9.17) is 10.5 Å². The van der Waals surface area contributed by atoms with Gasteiger partial charge in [-0.15, -0.1) is 0 Å². The Bertz CT molecular complexity index is 763. The molecule has 1 unspecified atom stereocenters. The number of nitrogens with zero attached hydrogens (tertiary/aromatic N) is 2. The lowest BCUT2D eigenvalue weighted by molar-refractivity contribution is 0.415. The Morgan fingerprint density at radius 2 is 2.18 bits per heavy atom. The molecule has 0 aliphatic rings. The Morgan fingerprint density at radius 3 is 2.86 bits per heavy atom. The van der Waals surface area contributed by atoms with Crippen molar-refractivity contribution in [2.75, 3.05) is 7.11 Å². The second kappa shape index (κ2) is 6.20. The van der Waals surface area contributed by atoms with Crippen molar-refractivity contribution in [1.29, 1.82) is 0 Å². The smallest absolute Gasteiger partial charge is 0.119 e. The molecule has 3 aromatic rings. The van der Waals surface area contributed by atoms with E-state index >= 15 is 0 Å². The maximum atomic E-state index is 6.00. The number of benzene rings is 1. The predicted molar refractivity (Wildman–Crippen MR) is 89.2 cm³/mol. The predicted octanol–water partition coefficient (Wildman–Crippen LogP) is 2.98. The second-order valence-electron chi connectivity index (χ2n) is 5.71. The minimum atomic E-state index is 0.128. The summed E-state index contributed by atoms with van der Waals surface area (Å²) < 4.78 is 7.61. The molecule has 0 spiro atoms. The fourth-order valence-electron chi connectivity index (χ4n) is 2.81. The minimum absolute atomic E-state index is 0.128.